The van der Waals surface area contributed by atoms with E-state index >= 15 is 0 Å². The van der Waals surface area contributed by atoms with Crippen LogP contribution in [0.15, 0.2) is 40.2 Å². The highest BCUT2D eigenvalue weighted by atomic mass is 79.9. The number of rotatable bonds is 3. The van der Waals surface area contributed by atoms with Gasteiger partial charge in [0.1, 0.15) is 0 Å². The number of aliphatic carboxylic acids is 1. The molecule has 1 heterocycles. The molecule has 0 unspecified atom stereocenters. The van der Waals surface area contributed by atoms with Gasteiger partial charge in [-0.25, -0.2) is 0 Å². The van der Waals surface area contributed by atoms with E-state index in [2.05, 4.69) is 15.9 Å². The van der Waals surface area contributed by atoms with Crippen LogP contribution in [0.25, 0.3) is 10.4 Å². The van der Waals surface area contributed by atoms with E-state index in [0.717, 1.165) is 33.3 Å². The molecule has 1 N–H and O–H groups in total. The second-order valence-corrected chi connectivity index (χ2v) is 6.42. The van der Waals surface area contributed by atoms with Crippen molar-refractivity contribution in [3.63, 3.8) is 0 Å². The highest BCUT2D eigenvalue weighted by molar-refractivity contribution is 9.10. The van der Waals surface area contributed by atoms with Crippen molar-refractivity contribution in [1.29, 1.82) is 0 Å². The predicted molar refractivity (Wildman–Crippen MR) is 76.0 cm³/mol. The van der Waals surface area contributed by atoms with Crippen LogP contribution < -0.4 is 0 Å². The number of carbonyl (C=O) groups is 1. The van der Waals surface area contributed by atoms with E-state index in [1.165, 1.54) is 0 Å². The van der Waals surface area contributed by atoms with Gasteiger partial charge in [0, 0.05) is 9.35 Å². The van der Waals surface area contributed by atoms with Gasteiger partial charge in [0.2, 0.25) is 0 Å². The molecule has 0 bridgehead atoms. The summed E-state index contributed by atoms with van der Waals surface area (Å²) in [5, 5.41) is 11.3. The van der Waals surface area contributed by atoms with Crippen molar-refractivity contribution in [2.45, 2.75) is 18.3 Å². The molecular formula is C14H11BrO2S. The zero-order valence-corrected chi connectivity index (χ0v) is 11.9. The first-order chi connectivity index (χ1) is 8.62. The molecule has 4 heteroatoms. The predicted octanol–water partition coefficient (Wildman–Crippen LogP) is 4.29. The monoisotopic (exact) mass is 322 g/mol. The largest absolute Gasteiger partial charge is 0.481 e. The third kappa shape index (κ3) is 1.89. The van der Waals surface area contributed by atoms with Crippen LogP contribution in [0.2, 0.25) is 0 Å². The van der Waals surface area contributed by atoms with Crippen LogP contribution in [0.4, 0.5) is 0 Å². The smallest absolute Gasteiger partial charge is 0.314 e. The van der Waals surface area contributed by atoms with Crippen LogP contribution in [0.1, 0.15) is 18.4 Å². The Kier molecular flexibility index (Phi) is 2.79. The standard InChI is InChI=1S/C14H11BrO2S/c15-11-3-1-9(2-4-11)12-7-10(8-18-12)14(5-6-14)13(16)17/h1-4,7-8H,5-6H2,(H,16,17). The normalized spacial score (nSPS) is 16.5. The summed E-state index contributed by atoms with van der Waals surface area (Å²) in [6.45, 7) is 0. The van der Waals surface area contributed by atoms with Gasteiger partial charge in [0.15, 0.2) is 0 Å². The molecule has 0 saturated heterocycles. The molecule has 1 fully saturated rings. The Balaban J connectivity index is 1.95. The second-order valence-electron chi connectivity index (χ2n) is 4.59. The lowest BCUT2D eigenvalue weighted by atomic mass is 9.98. The zero-order valence-electron chi connectivity index (χ0n) is 9.52. The molecule has 2 nitrogen and oxygen atoms in total. The third-order valence-electron chi connectivity index (χ3n) is 3.44. The summed E-state index contributed by atoms with van der Waals surface area (Å²) in [4.78, 5) is 12.4. The second kappa shape index (κ2) is 4.21. The number of carboxylic acids is 1. The summed E-state index contributed by atoms with van der Waals surface area (Å²) in [5.74, 6) is -0.692. The van der Waals surface area contributed by atoms with Gasteiger partial charge in [-0.05, 0) is 47.5 Å². The molecule has 18 heavy (non-hydrogen) atoms. The lowest BCUT2D eigenvalue weighted by Gasteiger charge is -2.05. The van der Waals surface area contributed by atoms with E-state index in [0.29, 0.717) is 0 Å². The molecule has 1 saturated carbocycles. The van der Waals surface area contributed by atoms with E-state index in [4.69, 9.17) is 0 Å². The van der Waals surface area contributed by atoms with Crippen LogP contribution in [-0.2, 0) is 10.2 Å². The van der Waals surface area contributed by atoms with E-state index in [-0.39, 0.29) is 0 Å². The number of carboxylic acid groups (broad SMARTS) is 1. The molecule has 1 aliphatic carbocycles. The summed E-state index contributed by atoms with van der Waals surface area (Å²) in [5.41, 5.74) is 1.50. The van der Waals surface area contributed by atoms with Gasteiger partial charge >= 0.3 is 5.97 Å². The Bertz CT molecular complexity index is 597. The molecule has 0 atom stereocenters. The first kappa shape index (κ1) is 11.9. The van der Waals surface area contributed by atoms with Crippen molar-refractivity contribution in [2.75, 3.05) is 0 Å². The van der Waals surface area contributed by atoms with Crippen molar-refractivity contribution >= 4 is 33.2 Å². The topological polar surface area (TPSA) is 37.3 Å². The number of halogens is 1. The molecular weight excluding hydrogens is 312 g/mol. The van der Waals surface area contributed by atoms with Gasteiger partial charge in [0.25, 0.3) is 0 Å². The lowest BCUT2D eigenvalue weighted by Crippen LogP contribution is -2.18. The Morgan fingerprint density at radius 2 is 1.94 bits per heavy atom. The van der Waals surface area contributed by atoms with Crippen LogP contribution in [0, 0.1) is 0 Å². The van der Waals surface area contributed by atoms with Gasteiger partial charge in [0.05, 0.1) is 5.41 Å². The van der Waals surface area contributed by atoms with Crippen molar-refractivity contribution in [3.05, 3.63) is 45.7 Å². The fourth-order valence-electron chi connectivity index (χ4n) is 2.10. The van der Waals surface area contributed by atoms with Crippen LogP contribution in [-0.4, -0.2) is 11.1 Å². The molecule has 1 aliphatic rings. The minimum Gasteiger partial charge on any atom is -0.481 e. The van der Waals surface area contributed by atoms with E-state index < -0.39 is 11.4 Å². The van der Waals surface area contributed by atoms with Gasteiger partial charge in [-0.2, -0.15) is 0 Å². The fourth-order valence-corrected chi connectivity index (χ4v) is 3.38. The SMILES string of the molecule is O=C(O)C1(c2csc(-c3ccc(Br)cc3)c2)CC1. The first-order valence-electron chi connectivity index (χ1n) is 5.70. The highest BCUT2D eigenvalue weighted by Crippen LogP contribution is 2.50. The maximum Gasteiger partial charge on any atom is 0.314 e. The summed E-state index contributed by atoms with van der Waals surface area (Å²) >= 11 is 5.02. The van der Waals surface area contributed by atoms with Crippen LogP contribution in [0.5, 0.6) is 0 Å². The van der Waals surface area contributed by atoms with E-state index in [1.807, 2.05) is 35.7 Å². The van der Waals surface area contributed by atoms with Gasteiger partial charge < -0.3 is 5.11 Å². The van der Waals surface area contributed by atoms with Gasteiger partial charge in [-0.15, -0.1) is 11.3 Å². The van der Waals surface area contributed by atoms with Crippen molar-refractivity contribution in [3.8, 4) is 10.4 Å². The molecule has 3 rings (SSSR count). The van der Waals surface area contributed by atoms with Crippen molar-refractivity contribution < 1.29 is 9.90 Å². The van der Waals surface area contributed by atoms with Crippen LogP contribution >= 0.6 is 27.3 Å². The van der Waals surface area contributed by atoms with Crippen molar-refractivity contribution in [2.24, 2.45) is 0 Å². The van der Waals surface area contributed by atoms with Crippen molar-refractivity contribution in [1.82, 2.24) is 0 Å². The number of thiophene rings is 1. The van der Waals surface area contributed by atoms with Gasteiger partial charge in [-0.1, -0.05) is 28.1 Å². The Labute approximate surface area is 117 Å². The van der Waals surface area contributed by atoms with Gasteiger partial charge in [-0.3, -0.25) is 4.79 Å². The maximum absolute atomic E-state index is 11.3. The highest BCUT2D eigenvalue weighted by Gasteiger charge is 2.52. The summed E-state index contributed by atoms with van der Waals surface area (Å²) in [7, 11) is 0. The summed E-state index contributed by atoms with van der Waals surface area (Å²) < 4.78 is 1.05. The van der Waals surface area contributed by atoms with E-state index in [9.17, 15) is 9.90 Å². The third-order valence-corrected chi connectivity index (χ3v) is 4.95. The van der Waals surface area contributed by atoms with E-state index in [1.54, 1.807) is 11.3 Å². The summed E-state index contributed by atoms with van der Waals surface area (Å²) in [6, 6.07) is 10.1. The first-order valence-corrected chi connectivity index (χ1v) is 7.37. The zero-order chi connectivity index (χ0) is 12.8. The fraction of sp³-hybridized carbons (Fsp3) is 0.214. The molecule has 0 radical (unpaired) electrons. The minimum absolute atomic E-state index is 0.593. The average molecular weight is 323 g/mol. The number of hydrogen-bond acceptors (Lipinski definition) is 2. The lowest BCUT2D eigenvalue weighted by molar-refractivity contribution is -0.140. The molecule has 92 valence electrons. The maximum atomic E-state index is 11.3. The molecule has 1 aromatic carbocycles. The molecule has 0 amide bonds. The summed E-state index contributed by atoms with van der Waals surface area (Å²) in [6.07, 6.45) is 1.53. The molecule has 0 aliphatic heterocycles. The Morgan fingerprint density at radius 3 is 2.50 bits per heavy atom. The molecule has 2 aromatic rings. The minimum atomic E-state index is -0.692. The molecule has 0 spiro atoms. The Morgan fingerprint density at radius 1 is 1.28 bits per heavy atom. The average Bonchev–Trinajstić information content (AvgIpc) is 3.03. The quantitative estimate of drug-likeness (QED) is 0.915. The Hall–Kier alpha value is -1.13. The number of benzene rings is 1. The molecule has 1 aromatic heterocycles. The van der Waals surface area contributed by atoms with Crippen LogP contribution in [0.3, 0.4) is 0 Å². The number of hydrogen-bond donors (Lipinski definition) is 1.